The molecule has 1 N–H and O–H groups in total. The fourth-order valence-electron chi connectivity index (χ4n) is 2.12. The minimum absolute atomic E-state index is 0.0696. The average Bonchev–Trinajstić information content (AvgIpc) is 2.62. The van der Waals surface area contributed by atoms with E-state index in [2.05, 4.69) is 15.3 Å². The van der Waals surface area contributed by atoms with Crippen LogP contribution in [0.3, 0.4) is 0 Å². The summed E-state index contributed by atoms with van der Waals surface area (Å²) in [6, 6.07) is 13.1. The van der Waals surface area contributed by atoms with Crippen molar-refractivity contribution in [3.63, 3.8) is 0 Å². The maximum Gasteiger partial charge on any atom is 0.229 e. The number of halogens is 3. The van der Waals surface area contributed by atoms with Crippen LogP contribution in [0.25, 0.3) is 0 Å². The van der Waals surface area contributed by atoms with Crippen molar-refractivity contribution in [2.24, 2.45) is 0 Å². The number of aromatic nitrogens is 2. The van der Waals surface area contributed by atoms with Crippen LogP contribution in [0.4, 0.5) is 36.3 Å². The maximum atomic E-state index is 13.7. The van der Waals surface area contributed by atoms with Gasteiger partial charge >= 0.3 is 0 Å². The van der Waals surface area contributed by atoms with Gasteiger partial charge in [-0.1, -0.05) is 18.2 Å². The summed E-state index contributed by atoms with van der Waals surface area (Å²) >= 11 is 0. The van der Waals surface area contributed by atoms with E-state index in [1.807, 2.05) is 42.3 Å². The first kappa shape index (κ1) is 15.8. The lowest BCUT2D eigenvalue weighted by Crippen LogP contribution is -2.12. The first-order chi connectivity index (χ1) is 11.6. The monoisotopic (exact) mass is 330 g/mol. The molecule has 0 aliphatic rings. The van der Waals surface area contributed by atoms with Gasteiger partial charge in [-0.15, -0.1) is 0 Å². The third-order valence-electron chi connectivity index (χ3n) is 3.41. The van der Waals surface area contributed by atoms with Crippen LogP contribution < -0.4 is 10.2 Å². The lowest BCUT2D eigenvalue weighted by atomic mass is 10.3. The Bertz CT molecular complexity index is 856. The highest BCUT2D eigenvalue weighted by Crippen LogP contribution is 2.24. The lowest BCUT2D eigenvalue weighted by Gasteiger charge is -2.18. The molecule has 0 radical (unpaired) electrons. The Labute approximate surface area is 136 Å². The minimum atomic E-state index is -1.54. The zero-order valence-electron chi connectivity index (χ0n) is 12.7. The van der Waals surface area contributed by atoms with Crippen LogP contribution in [0.2, 0.25) is 0 Å². The number of rotatable bonds is 4. The van der Waals surface area contributed by atoms with Gasteiger partial charge < -0.3 is 10.2 Å². The maximum absolute atomic E-state index is 13.7. The number of hydrogen-bond acceptors (Lipinski definition) is 4. The summed E-state index contributed by atoms with van der Waals surface area (Å²) in [5.41, 5.74) is 0.662. The van der Waals surface area contributed by atoms with E-state index < -0.39 is 17.5 Å². The number of para-hydroxylation sites is 1. The zero-order chi connectivity index (χ0) is 17.1. The van der Waals surface area contributed by atoms with E-state index in [0.717, 1.165) is 17.8 Å². The lowest BCUT2D eigenvalue weighted by molar-refractivity contribution is 0.449. The van der Waals surface area contributed by atoms with E-state index in [-0.39, 0.29) is 11.6 Å². The highest BCUT2D eigenvalue weighted by molar-refractivity contribution is 5.61. The molecule has 1 heterocycles. The van der Waals surface area contributed by atoms with Gasteiger partial charge in [0, 0.05) is 18.9 Å². The van der Waals surface area contributed by atoms with Crippen molar-refractivity contribution in [2.45, 2.75) is 0 Å². The highest BCUT2D eigenvalue weighted by atomic mass is 19.2. The molecule has 0 saturated heterocycles. The van der Waals surface area contributed by atoms with E-state index in [0.29, 0.717) is 5.82 Å². The Morgan fingerprint density at radius 3 is 2.42 bits per heavy atom. The molecule has 3 rings (SSSR count). The van der Waals surface area contributed by atoms with Gasteiger partial charge in [-0.3, -0.25) is 0 Å². The molecule has 0 fully saturated rings. The molecule has 0 saturated carbocycles. The number of hydrogen-bond donors (Lipinski definition) is 1. The molecule has 122 valence electrons. The van der Waals surface area contributed by atoms with Crippen molar-refractivity contribution >= 4 is 23.1 Å². The standard InChI is InChI=1S/C17H13F3N4/c1-24(11-5-3-2-4-6-11)14-9-10-21-17(23-14)22-13-8-7-12(18)15(19)16(13)20/h2-10H,1H3,(H,21,22,23). The molecule has 2 aromatic carbocycles. The van der Waals surface area contributed by atoms with Crippen molar-refractivity contribution in [2.75, 3.05) is 17.3 Å². The number of benzene rings is 2. The van der Waals surface area contributed by atoms with Crippen molar-refractivity contribution in [1.29, 1.82) is 0 Å². The topological polar surface area (TPSA) is 41.1 Å². The van der Waals surface area contributed by atoms with E-state index in [4.69, 9.17) is 0 Å². The van der Waals surface area contributed by atoms with Crippen LogP contribution in [0.15, 0.2) is 54.7 Å². The predicted molar refractivity (Wildman–Crippen MR) is 86.1 cm³/mol. The SMILES string of the molecule is CN(c1ccccc1)c1ccnc(Nc2ccc(F)c(F)c2F)n1. The minimum Gasteiger partial charge on any atom is -0.329 e. The molecular weight excluding hydrogens is 317 g/mol. The van der Waals surface area contributed by atoms with Crippen LogP contribution >= 0.6 is 0 Å². The second-order valence-electron chi connectivity index (χ2n) is 4.98. The van der Waals surface area contributed by atoms with Crippen LogP contribution in [-0.4, -0.2) is 17.0 Å². The van der Waals surface area contributed by atoms with E-state index in [9.17, 15) is 13.2 Å². The average molecular weight is 330 g/mol. The van der Waals surface area contributed by atoms with E-state index in [1.54, 1.807) is 6.07 Å². The van der Waals surface area contributed by atoms with Gasteiger partial charge in [0.25, 0.3) is 0 Å². The summed E-state index contributed by atoms with van der Waals surface area (Å²) in [6.45, 7) is 0. The van der Waals surface area contributed by atoms with E-state index in [1.165, 1.54) is 6.20 Å². The molecule has 4 nitrogen and oxygen atoms in total. The highest BCUT2D eigenvalue weighted by Gasteiger charge is 2.14. The zero-order valence-corrected chi connectivity index (χ0v) is 12.7. The quantitative estimate of drug-likeness (QED) is 0.720. The van der Waals surface area contributed by atoms with Crippen molar-refractivity contribution < 1.29 is 13.2 Å². The summed E-state index contributed by atoms with van der Waals surface area (Å²) in [4.78, 5) is 10.0. The Hall–Kier alpha value is -3.09. The van der Waals surface area contributed by atoms with Crippen molar-refractivity contribution in [1.82, 2.24) is 9.97 Å². The summed E-state index contributed by atoms with van der Waals surface area (Å²) in [5, 5.41) is 2.56. The number of nitrogens with one attached hydrogen (secondary N) is 1. The number of nitrogens with zero attached hydrogens (tertiary/aromatic N) is 3. The van der Waals surface area contributed by atoms with Gasteiger partial charge in [0.15, 0.2) is 17.5 Å². The molecular formula is C17H13F3N4. The smallest absolute Gasteiger partial charge is 0.229 e. The molecule has 7 heteroatoms. The summed E-state index contributed by atoms with van der Waals surface area (Å²) in [5.74, 6) is -3.49. The van der Waals surface area contributed by atoms with Crippen LogP contribution in [0, 0.1) is 17.5 Å². The molecule has 0 aliphatic carbocycles. The summed E-state index contributed by atoms with van der Waals surface area (Å²) < 4.78 is 40.0. The summed E-state index contributed by atoms with van der Waals surface area (Å²) in [7, 11) is 1.82. The molecule has 0 aliphatic heterocycles. The third-order valence-corrected chi connectivity index (χ3v) is 3.41. The second-order valence-corrected chi connectivity index (χ2v) is 4.98. The Morgan fingerprint density at radius 1 is 0.917 bits per heavy atom. The van der Waals surface area contributed by atoms with Gasteiger partial charge in [0.1, 0.15) is 5.82 Å². The molecule has 0 spiro atoms. The van der Waals surface area contributed by atoms with Crippen molar-refractivity contribution in [3.8, 4) is 0 Å². The van der Waals surface area contributed by atoms with Gasteiger partial charge in [0.2, 0.25) is 5.95 Å². The first-order valence-corrected chi connectivity index (χ1v) is 7.08. The fraction of sp³-hybridized carbons (Fsp3) is 0.0588. The third kappa shape index (κ3) is 3.15. The van der Waals surface area contributed by atoms with Crippen LogP contribution in [0.5, 0.6) is 0 Å². The Kier molecular flexibility index (Phi) is 4.33. The molecule has 0 unspecified atom stereocenters. The van der Waals surface area contributed by atoms with Gasteiger partial charge in [-0.25, -0.2) is 18.2 Å². The van der Waals surface area contributed by atoms with Gasteiger partial charge in [-0.05, 0) is 30.3 Å². The summed E-state index contributed by atoms with van der Waals surface area (Å²) in [6.07, 6.45) is 1.49. The van der Waals surface area contributed by atoms with Crippen LogP contribution in [-0.2, 0) is 0 Å². The predicted octanol–water partition coefficient (Wildman–Crippen LogP) is 4.41. The molecule has 3 aromatic rings. The Balaban J connectivity index is 1.88. The molecule has 1 aromatic heterocycles. The largest absolute Gasteiger partial charge is 0.329 e. The second kappa shape index (κ2) is 6.57. The van der Waals surface area contributed by atoms with Crippen molar-refractivity contribution in [3.05, 3.63) is 72.2 Å². The normalized spacial score (nSPS) is 10.5. The molecule has 0 atom stereocenters. The molecule has 0 bridgehead atoms. The van der Waals surface area contributed by atoms with E-state index >= 15 is 0 Å². The fourth-order valence-corrected chi connectivity index (χ4v) is 2.12. The van der Waals surface area contributed by atoms with Gasteiger partial charge in [-0.2, -0.15) is 4.98 Å². The molecule has 24 heavy (non-hydrogen) atoms. The first-order valence-electron chi connectivity index (χ1n) is 7.08. The number of anilines is 4. The Morgan fingerprint density at radius 2 is 1.67 bits per heavy atom. The van der Waals surface area contributed by atoms with Gasteiger partial charge in [0.05, 0.1) is 5.69 Å². The van der Waals surface area contributed by atoms with Crippen LogP contribution in [0.1, 0.15) is 0 Å². The molecule has 0 amide bonds.